The van der Waals surface area contributed by atoms with E-state index in [9.17, 15) is 0 Å². The minimum absolute atomic E-state index is 0.626. The summed E-state index contributed by atoms with van der Waals surface area (Å²) in [7, 11) is 0. The lowest BCUT2D eigenvalue weighted by atomic mass is 9.72. The summed E-state index contributed by atoms with van der Waals surface area (Å²) in [6.07, 6.45) is 7.71. The topological polar surface area (TPSA) is 12.5 Å². The van der Waals surface area contributed by atoms with Gasteiger partial charge in [0.25, 0.3) is 0 Å². The first-order valence-electron chi connectivity index (χ1n) is 5.27. The predicted molar refractivity (Wildman–Crippen MR) is 50.1 cm³/mol. The van der Waals surface area contributed by atoms with Crippen molar-refractivity contribution in [1.82, 2.24) is 0 Å². The highest BCUT2D eigenvalue weighted by molar-refractivity contribution is 4.82. The Balaban J connectivity index is 1.73. The molecule has 1 saturated heterocycles. The smallest absolute Gasteiger partial charge is 0.0812 e. The molecule has 1 atom stereocenters. The van der Waals surface area contributed by atoms with Gasteiger partial charge in [-0.05, 0) is 43.4 Å². The van der Waals surface area contributed by atoms with Crippen LogP contribution in [0.3, 0.4) is 0 Å². The maximum Gasteiger partial charge on any atom is 0.0812 e. The second-order valence-electron chi connectivity index (χ2n) is 5.30. The van der Waals surface area contributed by atoms with Gasteiger partial charge >= 0.3 is 0 Å². The summed E-state index contributed by atoms with van der Waals surface area (Å²) in [6, 6.07) is 0. The van der Waals surface area contributed by atoms with Crippen molar-refractivity contribution in [3.63, 3.8) is 0 Å². The van der Waals surface area contributed by atoms with E-state index >= 15 is 0 Å². The fraction of sp³-hybridized carbons (Fsp3) is 1.00. The third-order valence-electron chi connectivity index (χ3n) is 3.46. The molecule has 0 N–H and O–H groups in total. The zero-order valence-corrected chi connectivity index (χ0v) is 8.31. The minimum atomic E-state index is 0.626. The first-order valence-corrected chi connectivity index (χ1v) is 5.27. The van der Waals surface area contributed by atoms with Gasteiger partial charge in [0.2, 0.25) is 0 Å². The summed E-state index contributed by atoms with van der Waals surface area (Å²) in [5.74, 6) is 0.977. The van der Waals surface area contributed by atoms with Crippen molar-refractivity contribution in [1.29, 1.82) is 0 Å². The van der Waals surface area contributed by atoms with Crippen LogP contribution in [-0.4, -0.2) is 12.7 Å². The molecule has 0 aromatic heterocycles. The Bertz CT molecular complexity index is 148. The summed E-state index contributed by atoms with van der Waals surface area (Å²) in [6.45, 7) is 5.84. The molecule has 2 rings (SSSR count). The Kier molecular flexibility index (Phi) is 2.16. The van der Waals surface area contributed by atoms with E-state index in [0.29, 0.717) is 11.5 Å². The molecule has 2 aliphatic rings. The van der Waals surface area contributed by atoms with Crippen molar-refractivity contribution in [3.05, 3.63) is 0 Å². The molecular weight excluding hydrogens is 148 g/mol. The van der Waals surface area contributed by atoms with E-state index in [2.05, 4.69) is 13.8 Å². The van der Waals surface area contributed by atoms with Crippen LogP contribution in [0, 0.1) is 11.3 Å². The molecule has 0 spiro atoms. The maximum atomic E-state index is 5.26. The zero-order chi connectivity index (χ0) is 8.60. The minimum Gasteiger partial charge on any atom is -0.373 e. The van der Waals surface area contributed by atoms with Gasteiger partial charge in [0, 0.05) is 0 Å². The molecule has 1 saturated carbocycles. The van der Waals surface area contributed by atoms with E-state index < -0.39 is 0 Å². The normalized spacial score (nSPS) is 35.0. The average Bonchev–Trinajstić information content (AvgIpc) is 2.77. The molecular formula is C11H20O. The van der Waals surface area contributed by atoms with Gasteiger partial charge < -0.3 is 4.74 Å². The Morgan fingerprint density at radius 3 is 2.33 bits per heavy atom. The molecule has 1 aliphatic carbocycles. The third-order valence-corrected chi connectivity index (χ3v) is 3.46. The monoisotopic (exact) mass is 168 g/mol. The maximum absolute atomic E-state index is 5.26. The SMILES string of the molecule is CC1(C)CCC(CC2CO2)CC1. The number of rotatable bonds is 2. The van der Waals surface area contributed by atoms with Crippen LogP contribution in [0.4, 0.5) is 0 Å². The van der Waals surface area contributed by atoms with Gasteiger partial charge in [0.15, 0.2) is 0 Å². The molecule has 1 nitrogen and oxygen atoms in total. The first-order chi connectivity index (χ1) is 5.66. The van der Waals surface area contributed by atoms with Crippen molar-refractivity contribution in [3.8, 4) is 0 Å². The highest BCUT2D eigenvalue weighted by Crippen LogP contribution is 2.40. The molecule has 1 heteroatoms. The second kappa shape index (κ2) is 3.02. The average molecular weight is 168 g/mol. The molecule has 0 bridgehead atoms. The fourth-order valence-corrected chi connectivity index (χ4v) is 2.27. The Morgan fingerprint density at radius 2 is 1.83 bits per heavy atom. The van der Waals surface area contributed by atoms with Gasteiger partial charge in [-0.25, -0.2) is 0 Å². The summed E-state index contributed by atoms with van der Waals surface area (Å²) in [4.78, 5) is 0. The highest BCUT2D eigenvalue weighted by Gasteiger charge is 2.31. The lowest BCUT2D eigenvalue weighted by Gasteiger charge is -2.34. The molecule has 1 aliphatic heterocycles. The lowest BCUT2D eigenvalue weighted by molar-refractivity contribution is 0.176. The molecule has 2 fully saturated rings. The van der Waals surface area contributed by atoms with E-state index in [4.69, 9.17) is 4.74 Å². The van der Waals surface area contributed by atoms with Crippen molar-refractivity contribution in [2.75, 3.05) is 6.61 Å². The second-order valence-corrected chi connectivity index (χ2v) is 5.30. The summed E-state index contributed by atoms with van der Waals surface area (Å²) < 4.78 is 5.26. The number of ether oxygens (including phenoxy) is 1. The first kappa shape index (κ1) is 8.55. The van der Waals surface area contributed by atoms with Crippen LogP contribution in [0.1, 0.15) is 46.0 Å². The van der Waals surface area contributed by atoms with Crippen LogP contribution in [0.5, 0.6) is 0 Å². The van der Waals surface area contributed by atoms with E-state index in [1.165, 1.54) is 32.1 Å². The molecule has 0 radical (unpaired) electrons. The van der Waals surface area contributed by atoms with Crippen LogP contribution in [0.25, 0.3) is 0 Å². The zero-order valence-electron chi connectivity index (χ0n) is 8.31. The van der Waals surface area contributed by atoms with Crippen LogP contribution in [0.15, 0.2) is 0 Å². The Morgan fingerprint density at radius 1 is 1.25 bits per heavy atom. The summed E-state index contributed by atoms with van der Waals surface area (Å²) in [5, 5.41) is 0. The van der Waals surface area contributed by atoms with Gasteiger partial charge in [0.1, 0.15) is 0 Å². The van der Waals surface area contributed by atoms with Gasteiger partial charge in [-0.2, -0.15) is 0 Å². The van der Waals surface area contributed by atoms with Crippen molar-refractivity contribution >= 4 is 0 Å². The van der Waals surface area contributed by atoms with Crippen molar-refractivity contribution in [2.45, 2.75) is 52.1 Å². The van der Waals surface area contributed by atoms with Gasteiger partial charge in [-0.1, -0.05) is 13.8 Å². The summed E-state index contributed by atoms with van der Waals surface area (Å²) in [5.41, 5.74) is 0.626. The molecule has 1 heterocycles. The largest absolute Gasteiger partial charge is 0.373 e. The fourth-order valence-electron chi connectivity index (χ4n) is 2.27. The number of epoxide rings is 1. The quantitative estimate of drug-likeness (QED) is 0.577. The number of hydrogen-bond donors (Lipinski definition) is 0. The number of hydrogen-bond acceptors (Lipinski definition) is 1. The Hall–Kier alpha value is -0.0400. The molecule has 1 unspecified atom stereocenters. The van der Waals surface area contributed by atoms with Gasteiger partial charge in [-0.15, -0.1) is 0 Å². The van der Waals surface area contributed by atoms with Gasteiger partial charge in [0.05, 0.1) is 12.7 Å². The van der Waals surface area contributed by atoms with E-state index in [-0.39, 0.29) is 0 Å². The Labute approximate surface area is 75.5 Å². The van der Waals surface area contributed by atoms with E-state index in [1.54, 1.807) is 0 Å². The van der Waals surface area contributed by atoms with E-state index in [0.717, 1.165) is 12.5 Å². The molecule has 0 amide bonds. The lowest BCUT2D eigenvalue weighted by Crippen LogP contribution is -2.22. The van der Waals surface area contributed by atoms with Crippen LogP contribution in [0.2, 0.25) is 0 Å². The van der Waals surface area contributed by atoms with Gasteiger partial charge in [-0.3, -0.25) is 0 Å². The molecule has 12 heavy (non-hydrogen) atoms. The highest BCUT2D eigenvalue weighted by atomic mass is 16.6. The van der Waals surface area contributed by atoms with Crippen LogP contribution >= 0.6 is 0 Å². The summed E-state index contributed by atoms with van der Waals surface area (Å²) >= 11 is 0. The van der Waals surface area contributed by atoms with Crippen molar-refractivity contribution in [2.24, 2.45) is 11.3 Å². The van der Waals surface area contributed by atoms with E-state index in [1.807, 2.05) is 0 Å². The van der Waals surface area contributed by atoms with Crippen LogP contribution < -0.4 is 0 Å². The molecule has 0 aromatic rings. The van der Waals surface area contributed by atoms with Crippen molar-refractivity contribution < 1.29 is 4.74 Å². The standard InChI is InChI=1S/C11H20O/c1-11(2)5-3-9(4-6-11)7-10-8-12-10/h9-10H,3-8H2,1-2H3. The predicted octanol–water partition coefficient (Wildman–Crippen LogP) is 2.99. The molecule has 70 valence electrons. The molecule has 0 aromatic carbocycles. The van der Waals surface area contributed by atoms with Crippen LogP contribution in [-0.2, 0) is 4.74 Å². The third kappa shape index (κ3) is 2.22.